The zero-order chi connectivity index (χ0) is 14.8. The van der Waals surface area contributed by atoms with Gasteiger partial charge in [0.2, 0.25) is 5.91 Å². The molecule has 1 saturated carbocycles. The molecule has 4 heteroatoms. The quantitative estimate of drug-likeness (QED) is 0.914. The number of hydrogen-bond acceptors (Lipinski definition) is 3. The predicted octanol–water partition coefficient (Wildman–Crippen LogP) is 1.64. The standard InChI is InChI=1S/C17H25N3O/c1-13-12-19(2)10-11-20(13)16(14-6-4-3-5-7-14)17(21)18-15-8-9-15/h3-7,13,15-16H,8-12H2,1-2H3,(H,18,21). The summed E-state index contributed by atoms with van der Waals surface area (Å²) in [5.74, 6) is 0.167. The Bertz CT molecular complexity index is 486. The Labute approximate surface area is 127 Å². The number of amides is 1. The fourth-order valence-corrected chi connectivity index (χ4v) is 3.17. The minimum Gasteiger partial charge on any atom is -0.352 e. The van der Waals surface area contributed by atoms with Crippen LogP contribution >= 0.6 is 0 Å². The van der Waals surface area contributed by atoms with Crippen LogP contribution < -0.4 is 5.32 Å². The van der Waals surface area contributed by atoms with Gasteiger partial charge in [0.25, 0.3) is 0 Å². The van der Waals surface area contributed by atoms with E-state index in [9.17, 15) is 4.79 Å². The first-order valence-electron chi connectivity index (χ1n) is 7.95. The summed E-state index contributed by atoms with van der Waals surface area (Å²) in [6.45, 7) is 5.19. The van der Waals surface area contributed by atoms with Gasteiger partial charge in [0.05, 0.1) is 0 Å². The van der Waals surface area contributed by atoms with Gasteiger partial charge in [-0.05, 0) is 32.4 Å². The van der Waals surface area contributed by atoms with Crippen molar-refractivity contribution in [2.75, 3.05) is 26.7 Å². The summed E-state index contributed by atoms with van der Waals surface area (Å²) in [6.07, 6.45) is 2.26. The number of hydrogen-bond donors (Lipinski definition) is 1. The first-order valence-corrected chi connectivity index (χ1v) is 7.95. The summed E-state index contributed by atoms with van der Waals surface area (Å²) < 4.78 is 0. The molecule has 0 radical (unpaired) electrons. The van der Waals surface area contributed by atoms with E-state index in [4.69, 9.17) is 0 Å². The van der Waals surface area contributed by atoms with Crippen molar-refractivity contribution in [3.63, 3.8) is 0 Å². The Hall–Kier alpha value is -1.39. The maximum atomic E-state index is 12.8. The lowest BCUT2D eigenvalue weighted by molar-refractivity contribution is -0.128. The number of piperazine rings is 1. The fourth-order valence-electron chi connectivity index (χ4n) is 3.17. The van der Waals surface area contributed by atoms with Crippen molar-refractivity contribution in [1.29, 1.82) is 0 Å². The molecule has 1 N–H and O–H groups in total. The van der Waals surface area contributed by atoms with Gasteiger partial charge < -0.3 is 10.2 Å². The van der Waals surface area contributed by atoms with Gasteiger partial charge in [0.15, 0.2) is 0 Å². The Kier molecular flexibility index (Phi) is 4.27. The molecule has 0 aromatic heterocycles. The van der Waals surface area contributed by atoms with E-state index in [0.717, 1.165) is 38.0 Å². The van der Waals surface area contributed by atoms with Crippen LogP contribution in [0.3, 0.4) is 0 Å². The summed E-state index contributed by atoms with van der Waals surface area (Å²) in [5.41, 5.74) is 1.10. The number of benzene rings is 1. The molecule has 21 heavy (non-hydrogen) atoms. The van der Waals surface area contributed by atoms with E-state index in [1.165, 1.54) is 0 Å². The highest BCUT2D eigenvalue weighted by atomic mass is 16.2. The molecule has 2 atom stereocenters. The molecule has 1 heterocycles. The van der Waals surface area contributed by atoms with Gasteiger partial charge in [-0.25, -0.2) is 0 Å². The molecule has 0 spiro atoms. The van der Waals surface area contributed by atoms with E-state index in [1.807, 2.05) is 18.2 Å². The van der Waals surface area contributed by atoms with Gasteiger partial charge in [-0.2, -0.15) is 0 Å². The summed E-state index contributed by atoms with van der Waals surface area (Å²) in [4.78, 5) is 17.4. The van der Waals surface area contributed by atoms with Gasteiger partial charge in [-0.15, -0.1) is 0 Å². The van der Waals surface area contributed by atoms with Gasteiger partial charge in [0.1, 0.15) is 6.04 Å². The minimum atomic E-state index is -0.157. The number of carbonyl (C=O) groups excluding carboxylic acids is 1. The average molecular weight is 287 g/mol. The number of likely N-dealkylation sites (N-methyl/N-ethyl adjacent to an activating group) is 1. The Morgan fingerprint density at radius 1 is 1.24 bits per heavy atom. The van der Waals surface area contributed by atoms with Crippen LogP contribution in [0.2, 0.25) is 0 Å². The van der Waals surface area contributed by atoms with Crippen molar-refractivity contribution in [2.24, 2.45) is 0 Å². The topological polar surface area (TPSA) is 35.6 Å². The van der Waals surface area contributed by atoms with E-state index in [-0.39, 0.29) is 11.9 Å². The molecule has 2 fully saturated rings. The third-order valence-electron chi connectivity index (χ3n) is 4.50. The van der Waals surface area contributed by atoms with Crippen molar-refractivity contribution in [3.05, 3.63) is 35.9 Å². The van der Waals surface area contributed by atoms with Crippen LogP contribution in [0.1, 0.15) is 31.4 Å². The molecule has 1 aromatic rings. The Balaban J connectivity index is 1.82. The van der Waals surface area contributed by atoms with Gasteiger partial charge in [-0.1, -0.05) is 30.3 Å². The molecule has 1 amide bonds. The van der Waals surface area contributed by atoms with E-state index in [0.29, 0.717) is 12.1 Å². The van der Waals surface area contributed by atoms with Crippen molar-refractivity contribution >= 4 is 5.91 Å². The van der Waals surface area contributed by atoms with Crippen LogP contribution in [-0.2, 0) is 4.79 Å². The number of nitrogens with zero attached hydrogens (tertiary/aromatic N) is 2. The largest absolute Gasteiger partial charge is 0.352 e. The highest BCUT2D eigenvalue weighted by Gasteiger charge is 2.35. The summed E-state index contributed by atoms with van der Waals surface area (Å²) in [6, 6.07) is 10.8. The lowest BCUT2D eigenvalue weighted by atomic mass is 10.0. The van der Waals surface area contributed by atoms with Gasteiger partial charge in [0, 0.05) is 31.7 Å². The molecular formula is C17H25N3O. The van der Waals surface area contributed by atoms with Crippen LogP contribution in [0, 0.1) is 0 Å². The second-order valence-electron chi connectivity index (χ2n) is 6.45. The van der Waals surface area contributed by atoms with Crippen molar-refractivity contribution in [3.8, 4) is 0 Å². The number of nitrogens with one attached hydrogen (secondary N) is 1. The van der Waals surface area contributed by atoms with E-state index >= 15 is 0 Å². The molecule has 1 aliphatic carbocycles. The van der Waals surface area contributed by atoms with Crippen LogP contribution in [0.4, 0.5) is 0 Å². The molecule has 4 nitrogen and oxygen atoms in total. The highest BCUT2D eigenvalue weighted by molar-refractivity contribution is 5.83. The summed E-state index contributed by atoms with van der Waals surface area (Å²) in [5, 5.41) is 3.19. The van der Waals surface area contributed by atoms with Gasteiger partial charge in [-0.3, -0.25) is 9.69 Å². The van der Waals surface area contributed by atoms with Crippen LogP contribution in [0.5, 0.6) is 0 Å². The predicted molar refractivity (Wildman–Crippen MR) is 84.0 cm³/mol. The highest BCUT2D eigenvalue weighted by Crippen LogP contribution is 2.27. The maximum absolute atomic E-state index is 12.8. The Morgan fingerprint density at radius 2 is 1.95 bits per heavy atom. The normalized spacial score (nSPS) is 25.5. The zero-order valence-electron chi connectivity index (χ0n) is 13.0. The third kappa shape index (κ3) is 3.44. The second-order valence-corrected chi connectivity index (χ2v) is 6.45. The van der Waals surface area contributed by atoms with Crippen molar-refractivity contribution < 1.29 is 4.79 Å². The molecule has 1 saturated heterocycles. The molecule has 1 aromatic carbocycles. The lowest BCUT2D eigenvalue weighted by Crippen LogP contribution is -2.54. The monoisotopic (exact) mass is 287 g/mol. The SMILES string of the molecule is CC1CN(C)CCN1C(C(=O)NC1CC1)c1ccccc1. The molecule has 0 bridgehead atoms. The smallest absolute Gasteiger partial charge is 0.242 e. The molecule has 2 unspecified atom stereocenters. The molecule has 2 aliphatic rings. The minimum absolute atomic E-state index is 0.157. The molecule has 3 rings (SSSR count). The van der Waals surface area contributed by atoms with Crippen molar-refractivity contribution in [2.45, 2.75) is 37.9 Å². The first-order chi connectivity index (χ1) is 10.1. The molecule has 114 valence electrons. The first kappa shape index (κ1) is 14.5. The number of rotatable bonds is 4. The van der Waals surface area contributed by atoms with E-state index in [1.54, 1.807) is 0 Å². The third-order valence-corrected chi connectivity index (χ3v) is 4.50. The average Bonchev–Trinajstić information content (AvgIpc) is 3.27. The number of carbonyl (C=O) groups is 1. The van der Waals surface area contributed by atoms with Crippen LogP contribution in [0.15, 0.2) is 30.3 Å². The Morgan fingerprint density at radius 3 is 2.57 bits per heavy atom. The van der Waals surface area contributed by atoms with Crippen LogP contribution in [-0.4, -0.2) is 54.5 Å². The molecular weight excluding hydrogens is 262 g/mol. The van der Waals surface area contributed by atoms with E-state index < -0.39 is 0 Å². The maximum Gasteiger partial charge on any atom is 0.242 e. The van der Waals surface area contributed by atoms with E-state index in [2.05, 4.69) is 41.2 Å². The zero-order valence-corrected chi connectivity index (χ0v) is 13.0. The molecule has 1 aliphatic heterocycles. The summed E-state index contributed by atoms with van der Waals surface area (Å²) in [7, 11) is 2.15. The lowest BCUT2D eigenvalue weighted by Gasteiger charge is -2.42. The second kappa shape index (κ2) is 6.16. The summed E-state index contributed by atoms with van der Waals surface area (Å²) >= 11 is 0. The van der Waals surface area contributed by atoms with Crippen molar-refractivity contribution in [1.82, 2.24) is 15.1 Å². The van der Waals surface area contributed by atoms with Gasteiger partial charge >= 0.3 is 0 Å². The fraction of sp³-hybridized carbons (Fsp3) is 0.588. The van der Waals surface area contributed by atoms with Crippen LogP contribution in [0.25, 0.3) is 0 Å².